The van der Waals surface area contributed by atoms with Crippen LogP contribution < -0.4 is 4.72 Å². The van der Waals surface area contributed by atoms with Crippen LogP contribution in [-0.2, 0) is 5.54 Å². The Morgan fingerprint density at radius 1 is 1.31 bits per heavy atom. The number of benzene rings is 1. The average molecular weight is 193 g/mol. The lowest BCUT2D eigenvalue weighted by Crippen LogP contribution is -2.22. The highest BCUT2D eigenvalue weighted by Crippen LogP contribution is 2.46. The van der Waals surface area contributed by atoms with Gasteiger partial charge in [-0.1, -0.05) is 49.2 Å². The fourth-order valence-corrected chi connectivity index (χ4v) is 2.28. The van der Waals surface area contributed by atoms with Crippen LogP contribution in [0.5, 0.6) is 0 Å². The quantitative estimate of drug-likeness (QED) is 0.738. The van der Waals surface area contributed by atoms with E-state index in [1.807, 2.05) is 11.9 Å². The maximum atomic E-state index is 3.55. The van der Waals surface area contributed by atoms with Crippen molar-refractivity contribution in [1.82, 2.24) is 4.72 Å². The first-order valence-electron chi connectivity index (χ1n) is 4.82. The maximum absolute atomic E-state index is 3.55. The van der Waals surface area contributed by atoms with Crippen molar-refractivity contribution in [3.8, 4) is 0 Å². The van der Waals surface area contributed by atoms with E-state index in [0.29, 0.717) is 5.54 Å². The average Bonchev–Trinajstić information content (AvgIpc) is 2.97. The molecule has 1 aromatic carbocycles. The zero-order valence-corrected chi connectivity index (χ0v) is 8.73. The topological polar surface area (TPSA) is 12.0 Å². The number of rotatable bonds is 4. The van der Waals surface area contributed by atoms with Gasteiger partial charge in [0, 0.05) is 5.75 Å². The molecule has 1 aliphatic rings. The van der Waals surface area contributed by atoms with E-state index in [2.05, 4.69) is 42.0 Å². The van der Waals surface area contributed by atoms with Gasteiger partial charge in [0.05, 0.1) is 5.54 Å². The summed E-state index contributed by atoms with van der Waals surface area (Å²) < 4.78 is 3.55. The highest BCUT2D eigenvalue weighted by atomic mass is 32.2. The van der Waals surface area contributed by atoms with Crippen molar-refractivity contribution in [2.24, 2.45) is 0 Å². The summed E-state index contributed by atoms with van der Waals surface area (Å²) in [5, 5.41) is 0. The smallest absolute Gasteiger partial charge is 0.0532 e. The molecule has 1 saturated carbocycles. The van der Waals surface area contributed by atoms with Gasteiger partial charge in [0.2, 0.25) is 0 Å². The van der Waals surface area contributed by atoms with Gasteiger partial charge in [0.15, 0.2) is 0 Å². The molecule has 70 valence electrons. The van der Waals surface area contributed by atoms with Gasteiger partial charge >= 0.3 is 0 Å². The summed E-state index contributed by atoms with van der Waals surface area (Å²) in [7, 11) is 0. The van der Waals surface area contributed by atoms with E-state index in [9.17, 15) is 0 Å². The molecular formula is C11H15NS. The van der Waals surface area contributed by atoms with Crippen molar-refractivity contribution in [2.75, 3.05) is 5.75 Å². The molecule has 1 aromatic rings. The summed E-state index contributed by atoms with van der Waals surface area (Å²) in [6, 6.07) is 10.8. The van der Waals surface area contributed by atoms with Crippen LogP contribution in [0.15, 0.2) is 30.3 Å². The lowest BCUT2D eigenvalue weighted by molar-refractivity contribution is 0.679. The van der Waals surface area contributed by atoms with Crippen molar-refractivity contribution >= 4 is 11.9 Å². The molecule has 0 amide bonds. The number of hydrogen-bond donors (Lipinski definition) is 1. The normalized spacial score (nSPS) is 18.5. The van der Waals surface area contributed by atoms with E-state index >= 15 is 0 Å². The summed E-state index contributed by atoms with van der Waals surface area (Å²) in [5.41, 5.74) is 1.75. The van der Waals surface area contributed by atoms with Crippen molar-refractivity contribution in [2.45, 2.75) is 25.3 Å². The minimum atomic E-state index is 0.307. The first-order valence-corrected chi connectivity index (χ1v) is 5.80. The van der Waals surface area contributed by atoms with Crippen LogP contribution in [0, 0.1) is 0 Å². The Kier molecular flexibility index (Phi) is 2.61. The molecule has 0 aromatic heterocycles. The van der Waals surface area contributed by atoms with E-state index in [1.54, 1.807) is 0 Å². The van der Waals surface area contributed by atoms with Crippen LogP contribution in [0.25, 0.3) is 0 Å². The van der Waals surface area contributed by atoms with Crippen molar-refractivity contribution < 1.29 is 0 Å². The lowest BCUT2D eigenvalue weighted by atomic mass is 10.1. The Balaban J connectivity index is 2.07. The van der Waals surface area contributed by atoms with Crippen molar-refractivity contribution in [3.63, 3.8) is 0 Å². The predicted octanol–water partition coefficient (Wildman–Crippen LogP) is 2.93. The number of hydrogen-bond acceptors (Lipinski definition) is 2. The molecule has 0 heterocycles. The number of nitrogens with one attached hydrogen (secondary N) is 1. The minimum absolute atomic E-state index is 0.307. The summed E-state index contributed by atoms with van der Waals surface area (Å²) in [5.74, 6) is 1.13. The Morgan fingerprint density at radius 2 is 2.00 bits per heavy atom. The third-order valence-electron chi connectivity index (χ3n) is 2.49. The summed E-state index contributed by atoms with van der Waals surface area (Å²) in [6.45, 7) is 2.18. The molecule has 0 aliphatic heterocycles. The third kappa shape index (κ3) is 1.89. The summed E-state index contributed by atoms with van der Waals surface area (Å²) in [6.07, 6.45) is 2.56. The van der Waals surface area contributed by atoms with Gasteiger partial charge in [-0.25, -0.2) is 0 Å². The van der Waals surface area contributed by atoms with E-state index in [1.165, 1.54) is 18.4 Å². The molecule has 0 radical (unpaired) electrons. The van der Waals surface area contributed by atoms with Crippen LogP contribution >= 0.6 is 11.9 Å². The highest BCUT2D eigenvalue weighted by Gasteiger charge is 2.43. The van der Waals surface area contributed by atoms with E-state index in [-0.39, 0.29) is 0 Å². The monoisotopic (exact) mass is 193 g/mol. The first kappa shape index (κ1) is 9.10. The van der Waals surface area contributed by atoms with E-state index < -0.39 is 0 Å². The Bertz CT molecular complexity index is 267. The lowest BCUT2D eigenvalue weighted by Gasteiger charge is -2.16. The summed E-state index contributed by atoms with van der Waals surface area (Å²) >= 11 is 1.82. The van der Waals surface area contributed by atoms with Crippen molar-refractivity contribution in [1.29, 1.82) is 0 Å². The molecular weight excluding hydrogens is 178 g/mol. The molecule has 0 saturated heterocycles. The Hall–Kier alpha value is -0.470. The SMILES string of the molecule is CCSNC1(c2ccccc2)CC1. The van der Waals surface area contributed by atoms with Crippen LogP contribution in [0.3, 0.4) is 0 Å². The molecule has 2 heteroatoms. The minimum Gasteiger partial charge on any atom is -0.254 e. The van der Waals surface area contributed by atoms with Crippen molar-refractivity contribution in [3.05, 3.63) is 35.9 Å². The molecule has 1 fully saturated rings. The second-order valence-electron chi connectivity index (χ2n) is 3.48. The van der Waals surface area contributed by atoms with Gasteiger partial charge in [-0.2, -0.15) is 0 Å². The molecule has 0 atom stereocenters. The highest BCUT2D eigenvalue weighted by molar-refractivity contribution is 7.97. The molecule has 1 nitrogen and oxygen atoms in total. The van der Waals surface area contributed by atoms with Crippen LogP contribution in [-0.4, -0.2) is 5.75 Å². The van der Waals surface area contributed by atoms with Gasteiger partial charge in [0.25, 0.3) is 0 Å². The van der Waals surface area contributed by atoms with Gasteiger partial charge in [0.1, 0.15) is 0 Å². The second-order valence-corrected chi connectivity index (χ2v) is 4.55. The predicted molar refractivity (Wildman–Crippen MR) is 58.6 cm³/mol. The fourth-order valence-electron chi connectivity index (χ4n) is 1.54. The van der Waals surface area contributed by atoms with Crippen LogP contribution in [0.4, 0.5) is 0 Å². The third-order valence-corrected chi connectivity index (χ3v) is 3.31. The van der Waals surface area contributed by atoms with E-state index in [4.69, 9.17) is 0 Å². The molecule has 0 unspecified atom stereocenters. The summed E-state index contributed by atoms with van der Waals surface area (Å²) in [4.78, 5) is 0. The zero-order chi connectivity index (χ0) is 9.15. The van der Waals surface area contributed by atoms with Gasteiger partial charge in [-0.15, -0.1) is 0 Å². The second kappa shape index (κ2) is 3.72. The van der Waals surface area contributed by atoms with Gasteiger partial charge in [-0.05, 0) is 18.4 Å². The first-order chi connectivity index (χ1) is 6.37. The zero-order valence-electron chi connectivity index (χ0n) is 7.92. The van der Waals surface area contributed by atoms with Gasteiger partial charge < -0.3 is 0 Å². The van der Waals surface area contributed by atoms with E-state index in [0.717, 1.165) is 5.75 Å². The van der Waals surface area contributed by atoms with Crippen LogP contribution in [0.1, 0.15) is 25.3 Å². The molecule has 0 spiro atoms. The largest absolute Gasteiger partial charge is 0.254 e. The molecule has 0 bridgehead atoms. The van der Waals surface area contributed by atoms with Gasteiger partial charge in [-0.3, -0.25) is 4.72 Å². The Labute approximate surface area is 84.1 Å². The Morgan fingerprint density at radius 3 is 2.54 bits per heavy atom. The maximum Gasteiger partial charge on any atom is 0.0532 e. The fraction of sp³-hybridized carbons (Fsp3) is 0.455. The van der Waals surface area contributed by atoms with Crippen LogP contribution in [0.2, 0.25) is 0 Å². The molecule has 2 rings (SSSR count). The molecule has 1 N–H and O–H groups in total. The molecule has 1 aliphatic carbocycles. The standard InChI is InChI=1S/C11H15NS/c1-2-13-12-11(8-9-11)10-6-4-3-5-7-10/h3-7,12H,2,8-9H2,1H3. The molecule has 13 heavy (non-hydrogen) atoms.